The Morgan fingerprint density at radius 1 is 0.944 bits per heavy atom. The standard InChI is InChI=1S/C11H10F6O/c1-6(5-18)7-2-8(10(12,13)14)4-9(3-7)11(15,16)17/h2-4,6,18H,5H2,1H3. The fourth-order valence-corrected chi connectivity index (χ4v) is 1.37. The van der Waals surface area contributed by atoms with Crippen LogP contribution in [0.5, 0.6) is 0 Å². The van der Waals surface area contributed by atoms with E-state index in [0.29, 0.717) is 12.1 Å². The van der Waals surface area contributed by atoms with Gasteiger partial charge < -0.3 is 5.11 Å². The molecular formula is C11H10F6O. The van der Waals surface area contributed by atoms with E-state index < -0.39 is 36.0 Å². The summed E-state index contributed by atoms with van der Waals surface area (Å²) in [6.07, 6.45) is -9.71. The Balaban J connectivity index is 3.39. The molecule has 1 aromatic rings. The summed E-state index contributed by atoms with van der Waals surface area (Å²) in [5, 5.41) is 8.81. The van der Waals surface area contributed by atoms with Gasteiger partial charge in [0.15, 0.2) is 0 Å². The van der Waals surface area contributed by atoms with Crippen molar-refractivity contribution < 1.29 is 31.4 Å². The van der Waals surface area contributed by atoms with Crippen LogP contribution >= 0.6 is 0 Å². The van der Waals surface area contributed by atoms with Crippen LogP contribution in [0.2, 0.25) is 0 Å². The third kappa shape index (κ3) is 3.38. The van der Waals surface area contributed by atoms with Gasteiger partial charge in [-0.2, -0.15) is 26.3 Å². The molecule has 18 heavy (non-hydrogen) atoms. The number of benzene rings is 1. The molecule has 0 bridgehead atoms. The molecule has 1 atom stereocenters. The molecule has 0 aliphatic heterocycles. The molecule has 0 amide bonds. The van der Waals surface area contributed by atoms with Gasteiger partial charge in [0.2, 0.25) is 0 Å². The molecule has 0 heterocycles. The van der Waals surface area contributed by atoms with E-state index in [2.05, 4.69) is 0 Å². The highest BCUT2D eigenvalue weighted by atomic mass is 19.4. The van der Waals surface area contributed by atoms with Gasteiger partial charge in [-0.15, -0.1) is 0 Å². The van der Waals surface area contributed by atoms with Crippen LogP contribution in [0, 0.1) is 0 Å². The molecule has 0 spiro atoms. The van der Waals surface area contributed by atoms with Crippen LogP contribution < -0.4 is 0 Å². The minimum absolute atomic E-state index is 0.0631. The normalized spacial score (nSPS) is 14.7. The summed E-state index contributed by atoms with van der Waals surface area (Å²) >= 11 is 0. The molecule has 1 nitrogen and oxygen atoms in total. The van der Waals surface area contributed by atoms with E-state index in [4.69, 9.17) is 5.11 Å². The molecule has 0 aliphatic rings. The van der Waals surface area contributed by atoms with E-state index in [1.807, 2.05) is 0 Å². The first kappa shape index (κ1) is 14.8. The lowest BCUT2D eigenvalue weighted by molar-refractivity contribution is -0.143. The van der Waals surface area contributed by atoms with Crippen molar-refractivity contribution in [1.29, 1.82) is 0 Å². The van der Waals surface area contributed by atoms with Crippen LogP contribution in [-0.2, 0) is 12.4 Å². The summed E-state index contributed by atoms with van der Waals surface area (Å²) < 4.78 is 74.8. The Kier molecular flexibility index (Phi) is 3.95. The van der Waals surface area contributed by atoms with Gasteiger partial charge in [-0.1, -0.05) is 6.92 Å². The van der Waals surface area contributed by atoms with Gasteiger partial charge in [0.1, 0.15) is 0 Å². The van der Waals surface area contributed by atoms with Gasteiger partial charge in [-0.3, -0.25) is 0 Å². The van der Waals surface area contributed by atoms with Crippen molar-refractivity contribution in [1.82, 2.24) is 0 Å². The fourth-order valence-electron chi connectivity index (χ4n) is 1.37. The minimum Gasteiger partial charge on any atom is -0.396 e. The molecule has 0 radical (unpaired) electrons. The zero-order chi connectivity index (χ0) is 14.1. The molecule has 0 saturated heterocycles. The van der Waals surface area contributed by atoms with Crippen molar-refractivity contribution in [2.45, 2.75) is 25.2 Å². The molecular weight excluding hydrogens is 262 g/mol. The maximum absolute atomic E-state index is 12.5. The lowest BCUT2D eigenvalue weighted by Gasteiger charge is -2.16. The second-order valence-corrected chi connectivity index (χ2v) is 3.92. The largest absolute Gasteiger partial charge is 0.416 e. The smallest absolute Gasteiger partial charge is 0.396 e. The summed E-state index contributed by atoms with van der Waals surface area (Å²) in [5.74, 6) is -0.798. The lowest BCUT2D eigenvalue weighted by Crippen LogP contribution is -2.13. The highest BCUT2D eigenvalue weighted by molar-refractivity contribution is 5.35. The van der Waals surface area contributed by atoms with Crippen molar-refractivity contribution in [3.8, 4) is 0 Å². The third-order valence-corrected chi connectivity index (χ3v) is 2.45. The summed E-state index contributed by atoms with van der Waals surface area (Å²) in [6.45, 7) is 0.814. The van der Waals surface area contributed by atoms with Crippen LogP contribution in [0.25, 0.3) is 0 Å². The van der Waals surface area contributed by atoms with Crippen LogP contribution in [-0.4, -0.2) is 11.7 Å². The number of hydrogen-bond acceptors (Lipinski definition) is 1. The maximum atomic E-state index is 12.5. The molecule has 1 N–H and O–H groups in total. The molecule has 1 aromatic carbocycles. The van der Waals surface area contributed by atoms with Crippen LogP contribution in [0.4, 0.5) is 26.3 Å². The minimum atomic E-state index is -4.86. The zero-order valence-corrected chi connectivity index (χ0v) is 9.23. The lowest BCUT2D eigenvalue weighted by atomic mass is 9.96. The van der Waals surface area contributed by atoms with Gasteiger partial charge in [0, 0.05) is 12.5 Å². The van der Waals surface area contributed by atoms with Crippen molar-refractivity contribution in [3.05, 3.63) is 34.9 Å². The molecule has 1 unspecified atom stereocenters. The summed E-state index contributed by atoms with van der Waals surface area (Å²) in [5.41, 5.74) is -2.93. The second kappa shape index (κ2) is 4.79. The Morgan fingerprint density at radius 3 is 1.61 bits per heavy atom. The van der Waals surface area contributed by atoms with Gasteiger partial charge in [-0.25, -0.2) is 0 Å². The van der Waals surface area contributed by atoms with Crippen molar-refractivity contribution in [2.24, 2.45) is 0 Å². The molecule has 1 rings (SSSR count). The van der Waals surface area contributed by atoms with E-state index in [9.17, 15) is 26.3 Å². The molecule has 0 saturated carbocycles. The molecule has 0 aromatic heterocycles. The highest BCUT2D eigenvalue weighted by Crippen LogP contribution is 2.37. The topological polar surface area (TPSA) is 20.2 Å². The molecule has 102 valence electrons. The molecule has 0 fully saturated rings. The maximum Gasteiger partial charge on any atom is 0.416 e. The van der Waals surface area contributed by atoms with Crippen LogP contribution in [0.3, 0.4) is 0 Å². The van der Waals surface area contributed by atoms with E-state index in [1.54, 1.807) is 0 Å². The SMILES string of the molecule is CC(CO)c1cc(C(F)(F)F)cc(C(F)(F)F)c1. The third-order valence-electron chi connectivity index (χ3n) is 2.45. The Bertz CT molecular complexity index is 388. The number of rotatable bonds is 2. The molecule has 0 aliphatic carbocycles. The van der Waals surface area contributed by atoms with E-state index in [0.717, 1.165) is 0 Å². The predicted octanol–water partition coefficient (Wildman–Crippen LogP) is 3.82. The number of aliphatic hydroxyl groups excluding tert-OH is 1. The summed E-state index contributed by atoms with van der Waals surface area (Å²) in [6, 6.07) is 1.31. The van der Waals surface area contributed by atoms with Crippen molar-refractivity contribution in [2.75, 3.05) is 6.61 Å². The predicted molar refractivity (Wildman–Crippen MR) is 51.9 cm³/mol. The average molecular weight is 272 g/mol. The van der Waals surface area contributed by atoms with Gasteiger partial charge in [0.05, 0.1) is 11.1 Å². The fraction of sp³-hybridized carbons (Fsp3) is 0.455. The molecule has 7 heteroatoms. The van der Waals surface area contributed by atoms with Crippen molar-refractivity contribution in [3.63, 3.8) is 0 Å². The first-order valence-electron chi connectivity index (χ1n) is 4.96. The van der Waals surface area contributed by atoms with Gasteiger partial charge >= 0.3 is 12.4 Å². The average Bonchev–Trinajstić information content (AvgIpc) is 2.25. The Hall–Kier alpha value is -1.24. The Morgan fingerprint density at radius 2 is 1.33 bits per heavy atom. The number of halogens is 6. The van der Waals surface area contributed by atoms with E-state index in [-0.39, 0.29) is 11.6 Å². The summed E-state index contributed by atoms with van der Waals surface area (Å²) in [4.78, 5) is 0. The van der Waals surface area contributed by atoms with Gasteiger partial charge in [0.25, 0.3) is 0 Å². The first-order valence-corrected chi connectivity index (χ1v) is 4.96. The van der Waals surface area contributed by atoms with Crippen LogP contribution in [0.15, 0.2) is 18.2 Å². The second-order valence-electron chi connectivity index (χ2n) is 3.92. The van der Waals surface area contributed by atoms with Gasteiger partial charge in [-0.05, 0) is 23.8 Å². The zero-order valence-electron chi connectivity index (χ0n) is 9.23. The van der Waals surface area contributed by atoms with Crippen LogP contribution in [0.1, 0.15) is 29.5 Å². The van der Waals surface area contributed by atoms with Crippen molar-refractivity contribution >= 4 is 0 Å². The number of hydrogen-bond donors (Lipinski definition) is 1. The Labute approximate surface area is 99.0 Å². The number of aliphatic hydroxyl groups is 1. The quantitative estimate of drug-likeness (QED) is 0.811. The summed E-state index contributed by atoms with van der Waals surface area (Å²) in [7, 11) is 0. The van der Waals surface area contributed by atoms with E-state index >= 15 is 0 Å². The highest BCUT2D eigenvalue weighted by Gasteiger charge is 2.37. The number of alkyl halides is 6. The monoisotopic (exact) mass is 272 g/mol. The first-order chi connectivity index (χ1) is 8.05. The van der Waals surface area contributed by atoms with E-state index in [1.165, 1.54) is 6.92 Å².